The van der Waals surface area contributed by atoms with E-state index in [1.807, 2.05) is 24.3 Å². The maximum absolute atomic E-state index is 12.9. The number of ketones is 1. The Kier molecular flexibility index (Phi) is 3.87. The van der Waals surface area contributed by atoms with Gasteiger partial charge in [0.25, 0.3) is 0 Å². The maximum atomic E-state index is 12.9. The average molecular weight is 346 g/mol. The molecule has 0 radical (unpaired) electrons. The molecule has 0 spiro atoms. The van der Waals surface area contributed by atoms with E-state index in [1.54, 1.807) is 6.20 Å². The van der Waals surface area contributed by atoms with Crippen LogP contribution in [-0.2, 0) is 12.8 Å². The van der Waals surface area contributed by atoms with Crippen molar-refractivity contribution in [3.8, 4) is 11.4 Å². The number of nitrogens with zero attached hydrogens (tertiary/aromatic N) is 2. The number of nitrogens with one attached hydrogen (secondary N) is 1. The van der Waals surface area contributed by atoms with Crippen LogP contribution in [0.15, 0.2) is 42.6 Å². The molecule has 0 fully saturated rings. The van der Waals surface area contributed by atoms with E-state index in [0.29, 0.717) is 12.8 Å². The molecular weight excluding hydrogens is 324 g/mol. The number of Topliss-reactive ketones (excluding diaryl/α,β-unsaturated/α-hetero) is 1. The minimum absolute atomic E-state index is 0.0408. The lowest BCUT2D eigenvalue weighted by Gasteiger charge is -2.28. The van der Waals surface area contributed by atoms with Gasteiger partial charge in [0.05, 0.1) is 11.4 Å². The van der Waals surface area contributed by atoms with Crippen LogP contribution in [-0.4, -0.2) is 20.7 Å². The van der Waals surface area contributed by atoms with Crippen LogP contribution in [0, 0.1) is 5.41 Å². The number of benzene rings is 1. The van der Waals surface area contributed by atoms with Gasteiger partial charge in [-0.3, -0.25) is 4.79 Å². The van der Waals surface area contributed by atoms with Crippen molar-refractivity contribution in [3.63, 3.8) is 0 Å². The molecule has 3 aromatic rings. The number of hydrogen-bond donors (Lipinski definition) is 2. The van der Waals surface area contributed by atoms with Crippen molar-refractivity contribution >= 4 is 11.7 Å². The summed E-state index contributed by atoms with van der Waals surface area (Å²) in [5.74, 6) is 0.430. The third-order valence-corrected chi connectivity index (χ3v) is 4.91. The van der Waals surface area contributed by atoms with E-state index in [9.17, 15) is 4.79 Å². The van der Waals surface area contributed by atoms with Crippen LogP contribution in [0.3, 0.4) is 0 Å². The van der Waals surface area contributed by atoms with Gasteiger partial charge in [0.1, 0.15) is 0 Å². The smallest absolute Gasteiger partial charge is 0.220 e. The summed E-state index contributed by atoms with van der Waals surface area (Å²) < 4.78 is 0. The Morgan fingerprint density at radius 2 is 1.92 bits per heavy atom. The molecule has 5 heteroatoms. The summed E-state index contributed by atoms with van der Waals surface area (Å²) in [5, 5.41) is 0. The topological polar surface area (TPSA) is 84.7 Å². The highest BCUT2D eigenvalue weighted by atomic mass is 16.1. The average Bonchev–Trinajstić information content (AvgIpc) is 2.93. The Morgan fingerprint density at radius 1 is 1.15 bits per heavy atom. The van der Waals surface area contributed by atoms with Gasteiger partial charge in [0.2, 0.25) is 5.95 Å². The predicted octanol–water partition coefficient (Wildman–Crippen LogP) is 3.80. The second-order valence-electron chi connectivity index (χ2n) is 7.74. The Morgan fingerprint density at radius 3 is 2.65 bits per heavy atom. The van der Waals surface area contributed by atoms with Crippen molar-refractivity contribution in [2.75, 3.05) is 5.73 Å². The number of fused-ring (bicyclic) bond motifs is 1. The summed E-state index contributed by atoms with van der Waals surface area (Å²) in [4.78, 5) is 24.8. The Labute approximate surface area is 152 Å². The van der Waals surface area contributed by atoms with Gasteiger partial charge in [0, 0.05) is 30.3 Å². The second kappa shape index (κ2) is 6.09. The number of aromatic nitrogens is 3. The van der Waals surface area contributed by atoms with Crippen molar-refractivity contribution in [1.82, 2.24) is 15.0 Å². The van der Waals surface area contributed by atoms with Gasteiger partial charge in [-0.1, -0.05) is 44.2 Å². The van der Waals surface area contributed by atoms with Crippen LogP contribution in [0.2, 0.25) is 0 Å². The molecule has 5 nitrogen and oxygen atoms in total. The Bertz CT molecular complexity index is 973. The number of carbonyl (C=O) groups is 1. The van der Waals surface area contributed by atoms with E-state index in [1.165, 1.54) is 0 Å². The van der Waals surface area contributed by atoms with Crippen molar-refractivity contribution < 1.29 is 4.79 Å². The van der Waals surface area contributed by atoms with Crippen LogP contribution >= 0.6 is 0 Å². The van der Waals surface area contributed by atoms with E-state index < -0.39 is 0 Å². The lowest BCUT2D eigenvalue weighted by atomic mass is 9.75. The summed E-state index contributed by atoms with van der Waals surface area (Å²) >= 11 is 0. The van der Waals surface area contributed by atoms with Gasteiger partial charge >= 0.3 is 0 Å². The van der Waals surface area contributed by atoms with Crippen LogP contribution in [0.1, 0.15) is 47.4 Å². The van der Waals surface area contributed by atoms with Gasteiger partial charge in [-0.2, -0.15) is 0 Å². The molecule has 0 atom stereocenters. The van der Waals surface area contributed by atoms with Crippen molar-refractivity contribution in [1.29, 1.82) is 0 Å². The van der Waals surface area contributed by atoms with Crippen molar-refractivity contribution in [2.45, 2.75) is 33.1 Å². The molecule has 26 heavy (non-hydrogen) atoms. The number of H-pyrrole nitrogens is 1. The molecule has 0 saturated heterocycles. The van der Waals surface area contributed by atoms with Crippen LogP contribution < -0.4 is 5.73 Å². The zero-order valence-corrected chi connectivity index (χ0v) is 15.0. The number of hydrogen-bond acceptors (Lipinski definition) is 4. The lowest BCUT2D eigenvalue weighted by Crippen LogP contribution is -2.27. The van der Waals surface area contributed by atoms with Crippen molar-refractivity contribution in [3.05, 3.63) is 65.0 Å². The summed E-state index contributed by atoms with van der Waals surface area (Å²) in [7, 11) is 0. The number of nitrogen functional groups attached to an aromatic ring is 1. The summed E-state index contributed by atoms with van der Waals surface area (Å²) in [6.45, 7) is 4.27. The van der Waals surface area contributed by atoms with Gasteiger partial charge in [0.15, 0.2) is 5.78 Å². The minimum atomic E-state index is -0.0408. The quantitative estimate of drug-likeness (QED) is 0.755. The highest BCUT2D eigenvalue weighted by Gasteiger charge is 2.35. The Balaban J connectivity index is 1.89. The molecule has 132 valence electrons. The fourth-order valence-electron chi connectivity index (χ4n) is 3.84. The van der Waals surface area contributed by atoms with Crippen LogP contribution in [0.25, 0.3) is 11.4 Å². The predicted molar refractivity (Wildman–Crippen MR) is 102 cm³/mol. The molecule has 3 N–H and O–H groups in total. The SMILES string of the molecule is CC1(C)CC(=O)c2c([nH]c(-c3ccnc(N)n3)c2Cc2ccccc2)C1. The van der Waals surface area contributed by atoms with Gasteiger partial charge in [-0.15, -0.1) is 0 Å². The first-order chi connectivity index (χ1) is 12.4. The monoisotopic (exact) mass is 346 g/mol. The van der Waals surface area contributed by atoms with E-state index >= 15 is 0 Å². The van der Waals surface area contributed by atoms with Gasteiger partial charge < -0.3 is 10.7 Å². The molecule has 2 heterocycles. The molecule has 1 aromatic carbocycles. The summed E-state index contributed by atoms with van der Waals surface area (Å²) in [6.07, 6.45) is 3.73. The Hall–Kier alpha value is -2.95. The van der Waals surface area contributed by atoms with Crippen LogP contribution in [0.5, 0.6) is 0 Å². The molecule has 0 amide bonds. The fraction of sp³-hybridized carbons (Fsp3) is 0.286. The standard InChI is InChI=1S/C21H22N4O/c1-21(2)11-16-18(17(26)12-21)14(10-13-6-4-3-5-7-13)19(24-16)15-8-9-23-20(22)25-15/h3-9,24H,10-12H2,1-2H3,(H2,22,23,25). The maximum Gasteiger partial charge on any atom is 0.220 e. The third-order valence-electron chi connectivity index (χ3n) is 4.91. The van der Waals surface area contributed by atoms with E-state index in [0.717, 1.165) is 40.2 Å². The molecule has 2 aromatic heterocycles. The first-order valence-electron chi connectivity index (χ1n) is 8.83. The number of rotatable bonds is 3. The minimum Gasteiger partial charge on any atom is -0.368 e. The van der Waals surface area contributed by atoms with E-state index in [4.69, 9.17) is 5.73 Å². The zero-order chi connectivity index (χ0) is 18.3. The normalized spacial score (nSPS) is 15.7. The first-order valence-corrected chi connectivity index (χ1v) is 8.83. The highest BCUT2D eigenvalue weighted by Crippen LogP contribution is 2.40. The number of anilines is 1. The third kappa shape index (κ3) is 3.01. The van der Waals surface area contributed by atoms with Crippen LogP contribution in [0.4, 0.5) is 5.95 Å². The molecule has 0 unspecified atom stereocenters. The van der Waals surface area contributed by atoms with Gasteiger partial charge in [-0.25, -0.2) is 9.97 Å². The summed E-state index contributed by atoms with van der Waals surface area (Å²) in [6, 6.07) is 12.0. The van der Waals surface area contributed by atoms with E-state index in [-0.39, 0.29) is 17.1 Å². The highest BCUT2D eigenvalue weighted by molar-refractivity contribution is 6.02. The number of carbonyl (C=O) groups excluding carboxylic acids is 1. The molecule has 0 saturated carbocycles. The van der Waals surface area contributed by atoms with Gasteiger partial charge in [-0.05, 0) is 29.0 Å². The molecule has 0 aliphatic heterocycles. The fourth-order valence-corrected chi connectivity index (χ4v) is 3.84. The second-order valence-corrected chi connectivity index (χ2v) is 7.74. The zero-order valence-electron chi connectivity index (χ0n) is 15.0. The van der Waals surface area contributed by atoms with E-state index in [2.05, 4.69) is 40.9 Å². The first kappa shape index (κ1) is 16.5. The lowest BCUT2D eigenvalue weighted by molar-refractivity contribution is 0.0911. The molecular formula is C21H22N4O. The molecule has 4 rings (SSSR count). The number of nitrogens with two attached hydrogens (primary N) is 1. The molecule has 1 aliphatic rings. The molecule has 0 bridgehead atoms. The van der Waals surface area contributed by atoms with Crippen molar-refractivity contribution in [2.24, 2.45) is 5.41 Å². The largest absolute Gasteiger partial charge is 0.368 e. The molecule has 1 aliphatic carbocycles. The summed E-state index contributed by atoms with van der Waals surface area (Å²) in [5.41, 5.74) is 11.4. The number of aromatic amines is 1.